The molecule has 0 aliphatic heterocycles. The summed E-state index contributed by atoms with van der Waals surface area (Å²) in [6, 6.07) is 4.30. The van der Waals surface area contributed by atoms with Crippen molar-refractivity contribution >= 4 is 11.6 Å². The highest BCUT2D eigenvalue weighted by molar-refractivity contribution is 6.30. The summed E-state index contributed by atoms with van der Waals surface area (Å²) in [4.78, 5) is 6.53. The van der Waals surface area contributed by atoms with Gasteiger partial charge >= 0.3 is 0 Å². The van der Waals surface area contributed by atoms with E-state index in [1.807, 2.05) is 6.07 Å². The third-order valence-electron chi connectivity index (χ3n) is 2.59. The molecule has 0 radical (unpaired) electrons. The van der Waals surface area contributed by atoms with E-state index >= 15 is 0 Å². The highest BCUT2D eigenvalue weighted by Crippen LogP contribution is 2.27. The number of rotatable bonds is 5. The zero-order chi connectivity index (χ0) is 10.7. The summed E-state index contributed by atoms with van der Waals surface area (Å²) in [7, 11) is 0. The predicted molar refractivity (Wildman–Crippen MR) is 59.8 cm³/mol. The number of aromatic nitrogens is 1. The second-order valence-corrected chi connectivity index (χ2v) is 4.33. The molecular formula is C11H15ClN2O. The standard InChI is InChI=1S/C11H15ClN2O/c12-9-3-4-13-10(7-9)8-14(5-6-15)11-1-2-11/h3-4,7,11,15H,1-2,5-6,8H2. The van der Waals surface area contributed by atoms with Crippen molar-refractivity contribution in [1.29, 1.82) is 0 Å². The van der Waals surface area contributed by atoms with Crippen molar-refractivity contribution in [3.8, 4) is 0 Å². The highest BCUT2D eigenvalue weighted by Gasteiger charge is 2.28. The zero-order valence-corrected chi connectivity index (χ0v) is 9.32. The van der Waals surface area contributed by atoms with Crippen LogP contribution in [0, 0.1) is 0 Å². The van der Waals surface area contributed by atoms with Gasteiger partial charge in [0, 0.05) is 30.4 Å². The summed E-state index contributed by atoms with van der Waals surface area (Å²) >= 11 is 5.89. The second kappa shape index (κ2) is 4.92. The Kier molecular flexibility index (Phi) is 3.57. The zero-order valence-electron chi connectivity index (χ0n) is 8.56. The van der Waals surface area contributed by atoms with Gasteiger partial charge in [-0.2, -0.15) is 0 Å². The molecule has 1 N–H and O–H groups in total. The predicted octanol–water partition coefficient (Wildman–Crippen LogP) is 1.69. The number of aliphatic hydroxyl groups excluding tert-OH is 1. The molecule has 0 atom stereocenters. The van der Waals surface area contributed by atoms with Crippen LogP contribution in [0.15, 0.2) is 18.3 Å². The normalized spacial score (nSPS) is 15.9. The van der Waals surface area contributed by atoms with E-state index in [-0.39, 0.29) is 6.61 Å². The van der Waals surface area contributed by atoms with Crippen LogP contribution >= 0.6 is 11.6 Å². The van der Waals surface area contributed by atoms with Crippen LogP contribution < -0.4 is 0 Å². The van der Waals surface area contributed by atoms with E-state index in [2.05, 4.69) is 9.88 Å². The molecule has 0 aromatic carbocycles. The molecule has 1 aliphatic rings. The van der Waals surface area contributed by atoms with Gasteiger partial charge in [-0.15, -0.1) is 0 Å². The first-order chi connectivity index (χ1) is 7.29. The van der Waals surface area contributed by atoms with E-state index in [4.69, 9.17) is 16.7 Å². The molecule has 3 nitrogen and oxygen atoms in total. The van der Waals surface area contributed by atoms with Gasteiger partial charge in [0.1, 0.15) is 0 Å². The van der Waals surface area contributed by atoms with Crippen LogP contribution in [0.3, 0.4) is 0 Å². The Morgan fingerprint density at radius 2 is 2.33 bits per heavy atom. The van der Waals surface area contributed by atoms with Crippen molar-refractivity contribution < 1.29 is 5.11 Å². The topological polar surface area (TPSA) is 36.4 Å². The Hall–Kier alpha value is -0.640. The molecule has 1 saturated carbocycles. The van der Waals surface area contributed by atoms with Crippen molar-refractivity contribution in [2.45, 2.75) is 25.4 Å². The molecule has 0 amide bonds. The van der Waals surface area contributed by atoms with Gasteiger partial charge in [0.15, 0.2) is 0 Å². The maximum atomic E-state index is 8.96. The lowest BCUT2D eigenvalue weighted by Gasteiger charge is -2.20. The SMILES string of the molecule is OCCN(Cc1cc(Cl)ccn1)C1CC1. The van der Waals surface area contributed by atoms with Crippen LogP contribution in [-0.2, 0) is 6.54 Å². The van der Waals surface area contributed by atoms with Gasteiger partial charge < -0.3 is 5.11 Å². The molecule has 1 aromatic rings. The summed E-state index contributed by atoms with van der Waals surface area (Å²) in [6.45, 7) is 1.71. The molecule has 1 heterocycles. The van der Waals surface area contributed by atoms with Crippen LogP contribution in [0.2, 0.25) is 5.02 Å². The molecule has 1 fully saturated rings. The molecular weight excluding hydrogens is 212 g/mol. The van der Waals surface area contributed by atoms with Gasteiger partial charge in [0.05, 0.1) is 12.3 Å². The van der Waals surface area contributed by atoms with Crippen molar-refractivity contribution in [1.82, 2.24) is 9.88 Å². The van der Waals surface area contributed by atoms with E-state index in [1.165, 1.54) is 12.8 Å². The fourth-order valence-electron chi connectivity index (χ4n) is 1.70. The molecule has 1 aromatic heterocycles. The third kappa shape index (κ3) is 3.16. The van der Waals surface area contributed by atoms with Crippen molar-refractivity contribution in [2.24, 2.45) is 0 Å². The average Bonchev–Trinajstić information content (AvgIpc) is 3.00. The summed E-state index contributed by atoms with van der Waals surface area (Å²) in [5.41, 5.74) is 0.975. The molecule has 0 spiro atoms. The Morgan fingerprint density at radius 3 is 2.93 bits per heavy atom. The molecule has 1 aliphatic carbocycles. The van der Waals surface area contributed by atoms with E-state index in [1.54, 1.807) is 12.3 Å². The molecule has 0 unspecified atom stereocenters. The van der Waals surface area contributed by atoms with Crippen LogP contribution in [0.4, 0.5) is 0 Å². The van der Waals surface area contributed by atoms with Crippen LogP contribution in [0.1, 0.15) is 18.5 Å². The van der Waals surface area contributed by atoms with Gasteiger partial charge in [-0.05, 0) is 25.0 Å². The Balaban J connectivity index is 1.98. The minimum atomic E-state index is 0.205. The third-order valence-corrected chi connectivity index (χ3v) is 2.83. The van der Waals surface area contributed by atoms with Crippen LogP contribution in [0.25, 0.3) is 0 Å². The molecule has 82 valence electrons. The number of hydrogen-bond donors (Lipinski definition) is 1. The molecule has 0 saturated heterocycles. The molecule has 4 heteroatoms. The maximum Gasteiger partial charge on any atom is 0.0558 e. The van der Waals surface area contributed by atoms with Crippen molar-refractivity contribution in [3.05, 3.63) is 29.0 Å². The van der Waals surface area contributed by atoms with Crippen LogP contribution in [-0.4, -0.2) is 34.2 Å². The Labute approximate surface area is 94.7 Å². The quantitative estimate of drug-likeness (QED) is 0.830. The summed E-state index contributed by atoms with van der Waals surface area (Å²) in [6.07, 6.45) is 4.20. The van der Waals surface area contributed by atoms with Crippen molar-refractivity contribution in [3.63, 3.8) is 0 Å². The lowest BCUT2D eigenvalue weighted by Crippen LogP contribution is -2.28. The minimum Gasteiger partial charge on any atom is -0.395 e. The van der Waals surface area contributed by atoms with E-state index in [0.717, 1.165) is 23.8 Å². The van der Waals surface area contributed by atoms with E-state index in [9.17, 15) is 0 Å². The summed E-state index contributed by atoms with van der Waals surface area (Å²) in [5, 5.41) is 9.68. The largest absolute Gasteiger partial charge is 0.395 e. The fourth-order valence-corrected chi connectivity index (χ4v) is 1.88. The average molecular weight is 227 g/mol. The summed E-state index contributed by atoms with van der Waals surface area (Å²) in [5.74, 6) is 0. The fraction of sp³-hybridized carbons (Fsp3) is 0.545. The first-order valence-corrected chi connectivity index (χ1v) is 5.63. The van der Waals surface area contributed by atoms with E-state index < -0.39 is 0 Å². The van der Waals surface area contributed by atoms with Gasteiger partial charge in [-0.3, -0.25) is 9.88 Å². The summed E-state index contributed by atoms with van der Waals surface area (Å²) < 4.78 is 0. The Morgan fingerprint density at radius 1 is 1.53 bits per heavy atom. The number of pyridine rings is 1. The molecule has 2 rings (SSSR count). The van der Waals surface area contributed by atoms with Crippen LogP contribution in [0.5, 0.6) is 0 Å². The van der Waals surface area contributed by atoms with Gasteiger partial charge in [0.25, 0.3) is 0 Å². The minimum absolute atomic E-state index is 0.205. The highest BCUT2D eigenvalue weighted by atomic mass is 35.5. The number of nitrogens with zero attached hydrogens (tertiary/aromatic N) is 2. The van der Waals surface area contributed by atoms with Gasteiger partial charge in [0.2, 0.25) is 0 Å². The molecule has 15 heavy (non-hydrogen) atoms. The second-order valence-electron chi connectivity index (χ2n) is 3.89. The monoisotopic (exact) mass is 226 g/mol. The van der Waals surface area contributed by atoms with Gasteiger partial charge in [-0.1, -0.05) is 11.6 Å². The number of aliphatic hydroxyl groups is 1. The van der Waals surface area contributed by atoms with Crippen molar-refractivity contribution in [2.75, 3.05) is 13.2 Å². The Bertz CT molecular complexity index is 328. The lowest BCUT2D eigenvalue weighted by atomic mass is 10.3. The molecule has 0 bridgehead atoms. The van der Waals surface area contributed by atoms with Gasteiger partial charge in [-0.25, -0.2) is 0 Å². The number of halogens is 1. The first-order valence-electron chi connectivity index (χ1n) is 5.25. The lowest BCUT2D eigenvalue weighted by molar-refractivity contribution is 0.182. The maximum absolute atomic E-state index is 8.96. The number of hydrogen-bond acceptors (Lipinski definition) is 3. The smallest absolute Gasteiger partial charge is 0.0558 e. The van der Waals surface area contributed by atoms with E-state index in [0.29, 0.717) is 6.04 Å². The first kappa shape index (κ1) is 10.9.